The van der Waals surface area contributed by atoms with Crippen LogP contribution in [0.25, 0.3) is 22.0 Å². The van der Waals surface area contributed by atoms with Gasteiger partial charge in [0.2, 0.25) is 5.91 Å². The van der Waals surface area contributed by atoms with Crippen LogP contribution in [-0.2, 0) is 4.79 Å². The van der Waals surface area contributed by atoms with E-state index in [1.165, 1.54) is 6.20 Å². The standard InChI is InChI=1S/C27H27F2N7O2/c1-34-8-10-35(11-9-34)24-5-3-19(15-32-24)18-2-4-23-22(12-18)21(6-7-31-23)26(38)33-16-25(37)36-17-27(28,29)13-20(36)14-30/h2-7,12,15,20H,8-11,13,16-17H2,1H3,(H,33,38)/t20-/m0/s1. The molecule has 0 radical (unpaired) electrons. The number of amides is 2. The minimum absolute atomic E-state index is 0.301. The smallest absolute Gasteiger partial charge is 0.268 e. The van der Waals surface area contributed by atoms with Gasteiger partial charge in [-0.1, -0.05) is 6.07 Å². The van der Waals surface area contributed by atoms with Crippen molar-refractivity contribution in [3.05, 3.63) is 54.4 Å². The molecule has 1 N–H and O–H groups in total. The number of carbonyl (C=O) groups is 2. The van der Waals surface area contributed by atoms with Crippen molar-refractivity contribution in [1.29, 1.82) is 5.26 Å². The van der Waals surface area contributed by atoms with Crippen molar-refractivity contribution in [2.75, 3.05) is 51.2 Å². The molecule has 196 valence electrons. The maximum atomic E-state index is 13.7. The predicted octanol–water partition coefficient (Wildman–Crippen LogP) is 2.54. The number of nitrogens with zero attached hydrogens (tertiary/aromatic N) is 6. The Morgan fingerprint density at radius 1 is 1.11 bits per heavy atom. The summed E-state index contributed by atoms with van der Waals surface area (Å²) in [6.07, 6.45) is 2.60. The van der Waals surface area contributed by atoms with Gasteiger partial charge in [0.25, 0.3) is 11.8 Å². The highest BCUT2D eigenvalue weighted by atomic mass is 19.3. The molecule has 11 heteroatoms. The van der Waals surface area contributed by atoms with Crippen molar-refractivity contribution >= 4 is 28.5 Å². The Hall–Kier alpha value is -4.17. The number of carbonyl (C=O) groups excluding carboxylic acids is 2. The third kappa shape index (κ3) is 5.26. The summed E-state index contributed by atoms with van der Waals surface area (Å²) in [5.74, 6) is -3.46. The van der Waals surface area contributed by atoms with E-state index in [2.05, 4.69) is 32.1 Å². The van der Waals surface area contributed by atoms with E-state index in [1.807, 2.05) is 30.3 Å². The van der Waals surface area contributed by atoms with Gasteiger partial charge in [0.15, 0.2) is 0 Å². The monoisotopic (exact) mass is 519 g/mol. The Kier molecular flexibility index (Phi) is 6.91. The van der Waals surface area contributed by atoms with E-state index >= 15 is 0 Å². The number of alkyl halides is 2. The molecule has 9 nitrogen and oxygen atoms in total. The molecule has 38 heavy (non-hydrogen) atoms. The van der Waals surface area contributed by atoms with Crippen molar-refractivity contribution in [2.45, 2.75) is 18.4 Å². The van der Waals surface area contributed by atoms with Gasteiger partial charge in [-0.3, -0.25) is 14.6 Å². The number of pyridine rings is 2. The van der Waals surface area contributed by atoms with Gasteiger partial charge in [-0.05, 0) is 42.9 Å². The topological polar surface area (TPSA) is 105 Å². The van der Waals surface area contributed by atoms with E-state index in [0.29, 0.717) is 16.5 Å². The van der Waals surface area contributed by atoms with Crippen LogP contribution in [-0.4, -0.2) is 89.9 Å². The van der Waals surface area contributed by atoms with Crippen LogP contribution in [0.3, 0.4) is 0 Å². The molecule has 0 saturated carbocycles. The fourth-order valence-electron chi connectivity index (χ4n) is 4.85. The zero-order valence-electron chi connectivity index (χ0n) is 20.9. The normalized spacial score (nSPS) is 19.4. The highest BCUT2D eigenvalue weighted by Crippen LogP contribution is 2.32. The summed E-state index contributed by atoms with van der Waals surface area (Å²) in [7, 11) is 2.10. The van der Waals surface area contributed by atoms with Crippen LogP contribution < -0.4 is 10.2 Å². The molecule has 3 aromatic rings. The first-order valence-corrected chi connectivity index (χ1v) is 12.4. The predicted molar refractivity (Wildman–Crippen MR) is 138 cm³/mol. The lowest BCUT2D eigenvalue weighted by Crippen LogP contribution is -2.44. The molecule has 2 fully saturated rings. The van der Waals surface area contributed by atoms with Crippen molar-refractivity contribution in [2.24, 2.45) is 0 Å². The average Bonchev–Trinajstić information content (AvgIpc) is 3.26. The quantitative estimate of drug-likeness (QED) is 0.552. The van der Waals surface area contributed by atoms with Crippen LogP contribution in [0.1, 0.15) is 16.8 Å². The first-order valence-electron chi connectivity index (χ1n) is 12.4. The van der Waals surface area contributed by atoms with Crippen molar-refractivity contribution in [3.63, 3.8) is 0 Å². The number of nitriles is 1. The lowest BCUT2D eigenvalue weighted by atomic mass is 10.0. The number of anilines is 1. The van der Waals surface area contributed by atoms with Crippen LogP contribution in [0.2, 0.25) is 0 Å². The number of aromatic nitrogens is 2. The summed E-state index contributed by atoms with van der Waals surface area (Å²) in [5, 5.41) is 12.2. The average molecular weight is 520 g/mol. The van der Waals surface area contributed by atoms with Gasteiger partial charge in [0.05, 0.1) is 30.2 Å². The van der Waals surface area contributed by atoms with Crippen molar-refractivity contribution in [1.82, 2.24) is 25.1 Å². The number of hydrogen-bond acceptors (Lipinski definition) is 7. The highest BCUT2D eigenvalue weighted by molar-refractivity contribution is 6.07. The largest absolute Gasteiger partial charge is 0.354 e. The Balaban J connectivity index is 1.31. The summed E-state index contributed by atoms with van der Waals surface area (Å²) < 4.78 is 27.4. The number of benzene rings is 1. The molecule has 1 atom stereocenters. The summed E-state index contributed by atoms with van der Waals surface area (Å²) in [6.45, 7) is 2.49. The fourth-order valence-corrected chi connectivity index (χ4v) is 4.85. The summed E-state index contributed by atoms with van der Waals surface area (Å²) >= 11 is 0. The van der Waals surface area contributed by atoms with Gasteiger partial charge >= 0.3 is 0 Å². The number of likely N-dealkylation sites (tertiary alicyclic amines) is 1. The third-order valence-corrected chi connectivity index (χ3v) is 7.03. The number of rotatable bonds is 5. The lowest BCUT2D eigenvalue weighted by molar-refractivity contribution is -0.131. The molecule has 1 aromatic carbocycles. The molecule has 2 aromatic heterocycles. The van der Waals surface area contributed by atoms with Crippen LogP contribution in [0.4, 0.5) is 14.6 Å². The number of hydrogen-bond donors (Lipinski definition) is 1. The third-order valence-electron chi connectivity index (χ3n) is 7.03. The van der Waals surface area contributed by atoms with Crippen LogP contribution in [0.15, 0.2) is 48.8 Å². The first kappa shape index (κ1) is 25.5. The minimum atomic E-state index is -3.12. The second-order valence-corrected chi connectivity index (χ2v) is 9.70. The molecule has 0 spiro atoms. The molecule has 2 aliphatic rings. The maximum absolute atomic E-state index is 13.7. The van der Waals surface area contributed by atoms with Crippen molar-refractivity contribution < 1.29 is 18.4 Å². The first-order chi connectivity index (χ1) is 18.2. The molecular weight excluding hydrogens is 492 g/mol. The maximum Gasteiger partial charge on any atom is 0.268 e. The Morgan fingerprint density at radius 2 is 1.87 bits per heavy atom. The number of fused-ring (bicyclic) bond motifs is 1. The second-order valence-electron chi connectivity index (χ2n) is 9.70. The van der Waals surface area contributed by atoms with Gasteiger partial charge in [-0.15, -0.1) is 0 Å². The van der Waals surface area contributed by atoms with Crippen LogP contribution in [0, 0.1) is 11.3 Å². The summed E-state index contributed by atoms with van der Waals surface area (Å²) in [4.78, 5) is 39.8. The van der Waals surface area contributed by atoms with E-state index < -0.39 is 43.3 Å². The van der Waals surface area contributed by atoms with Gasteiger partial charge in [-0.25, -0.2) is 13.8 Å². The molecule has 4 heterocycles. The zero-order chi connectivity index (χ0) is 26.9. The Morgan fingerprint density at radius 3 is 2.58 bits per heavy atom. The number of halogens is 2. The summed E-state index contributed by atoms with van der Waals surface area (Å²) in [5.41, 5.74) is 2.63. The van der Waals surface area contributed by atoms with Crippen LogP contribution in [0.5, 0.6) is 0 Å². The lowest BCUT2D eigenvalue weighted by Gasteiger charge is -2.33. The van der Waals surface area contributed by atoms with E-state index in [1.54, 1.807) is 18.3 Å². The van der Waals surface area contributed by atoms with Gasteiger partial charge < -0.3 is 20.0 Å². The SMILES string of the molecule is CN1CCN(c2ccc(-c3ccc4nccc(C(=O)NCC(=O)N5CC(F)(F)C[C@H]5C#N)c4c3)cn2)CC1. The fraction of sp³-hybridized carbons (Fsp3) is 0.370. The molecule has 2 aliphatic heterocycles. The van der Waals surface area contributed by atoms with E-state index in [0.717, 1.165) is 48.0 Å². The van der Waals surface area contributed by atoms with Gasteiger partial charge in [0.1, 0.15) is 11.9 Å². The van der Waals surface area contributed by atoms with E-state index in [9.17, 15) is 18.4 Å². The highest BCUT2D eigenvalue weighted by Gasteiger charge is 2.47. The number of piperazine rings is 1. The van der Waals surface area contributed by atoms with E-state index in [-0.39, 0.29) is 0 Å². The molecule has 0 bridgehead atoms. The zero-order valence-corrected chi connectivity index (χ0v) is 20.9. The minimum Gasteiger partial charge on any atom is -0.354 e. The van der Waals surface area contributed by atoms with Gasteiger partial charge in [-0.2, -0.15) is 5.26 Å². The number of likely N-dealkylation sites (N-methyl/N-ethyl adjacent to an activating group) is 1. The Labute approximate surface area is 218 Å². The summed E-state index contributed by atoms with van der Waals surface area (Å²) in [6, 6.07) is 11.6. The molecule has 2 saturated heterocycles. The molecule has 5 rings (SSSR count). The van der Waals surface area contributed by atoms with Crippen LogP contribution >= 0.6 is 0 Å². The number of nitrogens with one attached hydrogen (secondary N) is 1. The van der Waals surface area contributed by atoms with E-state index in [4.69, 9.17) is 5.26 Å². The Bertz CT molecular complexity index is 1400. The molecule has 0 aliphatic carbocycles. The van der Waals surface area contributed by atoms with Gasteiger partial charge in [0, 0.05) is 55.9 Å². The molecule has 2 amide bonds. The van der Waals surface area contributed by atoms with Crippen molar-refractivity contribution in [3.8, 4) is 17.2 Å². The second kappa shape index (κ2) is 10.3. The molecule has 0 unspecified atom stereocenters. The molecular formula is C27H27F2N7O2.